The molecule has 0 fully saturated rings. The highest BCUT2D eigenvalue weighted by Gasteiger charge is 2.22. The summed E-state index contributed by atoms with van der Waals surface area (Å²) in [6, 6.07) is 23.2. The summed E-state index contributed by atoms with van der Waals surface area (Å²) in [5, 5.41) is 6.01. The Hall–Kier alpha value is -4.04. The van der Waals surface area contributed by atoms with Gasteiger partial charge in [0.25, 0.3) is 5.91 Å². The summed E-state index contributed by atoms with van der Waals surface area (Å²) in [4.78, 5) is 41.6. The minimum absolute atomic E-state index is 0.186. The molecule has 0 saturated heterocycles. The Morgan fingerprint density at radius 1 is 0.886 bits per heavy atom. The van der Waals surface area contributed by atoms with Gasteiger partial charge in [0.2, 0.25) is 5.91 Å². The molecule has 2 amide bonds. The van der Waals surface area contributed by atoms with Crippen molar-refractivity contribution < 1.29 is 19.1 Å². The maximum absolute atomic E-state index is 13.1. The number of aromatic nitrogens is 1. The number of nitrogens with zero attached hydrogens (tertiary/aromatic N) is 1. The predicted octanol–water partition coefficient (Wildman–Crippen LogP) is 5.81. The number of carbonyl (C=O) groups is 3. The SMILES string of the molecule is CC(=O)Nc1ccc(NC(=O)[C@H](C)OC(=O)c2cc(-c3cccc(Br)c3)nc3ccccc23)cc1. The van der Waals surface area contributed by atoms with Crippen LogP contribution >= 0.6 is 15.9 Å². The normalized spacial score (nSPS) is 11.5. The number of anilines is 2. The summed E-state index contributed by atoms with van der Waals surface area (Å²) in [7, 11) is 0. The summed E-state index contributed by atoms with van der Waals surface area (Å²) in [5.41, 5.74) is 3.55. The van der Waals surface area contributed by atoms with Crippen LogP contribution in [-0.2, 0) is 14.3 Å². The number of rotatable bonds is 6. The molecular weight excluding hydrogens is 510 g/mol. The van der Waals surface area contributed by atoms with Crippen LogP contribution in [0, 0.1) is 0 Å². The molecule has 0 aliphatic heterocycles. The summed E-state index contributed by atoms with van der Waals surface area (Å²) in [6.07, 6.45) is -1.04. The van der Waals surface area contributed by atoms with Gasteiger partial charge in [-0.05, 0) is 55.5 Å². The minimum atomic E-state index is -1.04. The van der Waals surface area contributed by atoms with Crippen molar-refractivity contribution in [3.05, 3.63) is 88.9 Å². The van der Waals surface area contributed by atoms with Gasteiger partial charge in [-0.3, -0.25) is 9.59 Å². The van der Waals surface area contributed by atoms with Gasteiger partial charge < -0.3 is 15.4 Å². The Morgan fingerprint density at radius 3 is 2.26 bits per heavy atom. The Morgan fingerprint density at radius 2 is 1.57 bits per heavy atom. The van der Waals surface area contributed by atoms with Crippen LogP contribution in [0.1, 0.15) is 24.2 Å². The van der Waals surface area contributed by atoms with E-state index in [1.807, 2.05) is 42.5 Å². The highest BCUT2D eigenvalue weighted by atomic mass is 79.9. The van der Waals surface area contributed by atoms with E-state index in [9.17, 15) is 14.4 Å². The number of ether oxygens (including phenoxy) is 1. The van der Waals surface area contributed by atoms with E-state index in [2.05, 4.69) is 26.6 Å². The lowest BCUT2D eigenvalue weighted by atomic mass is 10.0. The molecule has 0 aliphatic rings. The molecular formula is C27H22BrN3O4. The van der Waals surface area contributed by atoms with Crippen molar-refractivity contribution in [2.75, 3.05) is 10.6 Å². The van der Waals surface area contributed by atoms with E-state index in [0.29, 0.717) is 33.5 Å². The molecule has 35 heavy (non-hydrogen) atoms. The van der Waals surface area contributed by atoms with Crippen molar-refractivity contribution in [2.24, 2.45) is 0 Å². The van der Waals surface area contributed by atoms with Gasteiger partial charge in [-0.15, -0.1) is 0 Å². The van der Waals surface area contributed by atoms with Gasteiger partial charge in [0.1, 0.15) is 0 Å². The summed E-state index contributed by atoms with van der Waals surface area (Å²) < 4.78 is 6.42. The smallest absolute Gasteiger partial charge is 0.339 e. The second-order valence-corrected chi connectivity index (χ2v) is 8.79. The number of hydrogen-bond acceptors (Lipinski definition) is 5. The van der Waals surface area contributed by atoms with Crippen LogP contribution in [0.5, 0.6) is 0 Å². The number of para-hydroxylation sites is 1. The Labute approximate surface area is 210 Å². The zero-order valence-electron chi connectivity index (χ0n) is 19.0. The molecule has 0 radical (unpaired) electrons. The third kappa shape index (κ3) is 5.91. The number of carbonyl (C=O) groups excluding carboxylic acids is 3. The van der Waals surface area contributed by atoms with Gasteiger partial charge in [-0.25, -0.2) is 9.78 Å². The van der Waals surface area contributed by atoms with Crippen molar-refractivity contribution in [1.29, 1.82) is 0 Å². The van der Waals surface area contributed by atoms with E-state index in [1.54, 1.807) is 36.4 Å². The van der Waals surface area contributed by atoms with Crippen LogP contribution < -0.4 is 10.6 Å². The third-order valence-corrected chi connectivity index (χ3v) is 5.68. The fourth-order valence-corrected chi connectivity index (χ4v) is 3.90. The Balaban J connectivity index is 1.53. The lowest BCUT2D eigenvalue weighted by Crippen LogP contribution is -2.30. The van der Waals surface area contributed by atoms with Crippen LogP contribution in [-0.4, -0.2) is 28.9 Å². The van der Waals surface area contributed by atoms with Gasteiger partial charge in [-0.2, -0.15) is 0 Å². The maximum Gasteiger partial charge on any atom is 0.339 e. The summed E-state index contributed by atoms with van der Waals surface area (Å²) in [5.74, 6) is -1.28. The van der Waals surface area contributed by atoms with Gasteiger partial charge in [0, 0.05) is 33.7 Å². The third-order valence-electron chi connectivity index (χ3n) is 5.18. The van der Waals surface area contributed by atoms with Crippen LogP contribution in [0.15, 0.2) is 83.3 Å². The highest BCUT2D eigenvalue weighted by molar-refractivity contribution is 9.10. The summed E-state index contributed by atoms with van der Waals surface area (Å²) >= 11 is 3.46. The Bertz CT molecular complexity index is 1420. The molecule has 1 aromatic heterocycles. The fraction of sp³-hybridized carbons (Fsp3) is 0.111. The molecule has 0 saturated carbocycles. The molecule has 1 heterocycles. The predicted molar refractivity (Wildman–Crippen MR) is 139 cm³/mol. The minimum Gasteiger partial charge on any atom is -0.449 e. The molecule has 0 aliphatic carbocycles. The fourth-order valence-electron chi connectivity index (χ4n) is 3.50. The monoisotopic (exact) mass is 531 g/mol. The molecule has 4 rings (SSSR count). The molecule has 4 aromatic rings. The molecule has 176 valence electrons. The van der Waals surface area contributed by atoms with E-state index >= 15 is 0 Å². The average molecular weight is 532 g/mol. The second kappa shape index (κ2) is 10.5. The molecule has 1 atom stereocenters. The zero-order valence-corrected chi connectivity index (χ0v) is 20.6. The first-order chi connectivity index (χ1) is 16.8. The first-order valence-electron chi connectivity index (χ1n) is 10.9. The van der Waals surface area contributed by atoms with Crippen molar-refractivity contribution in [3.63, 3.8) is 0 Å². The topological polar surface area (TPSA) is 97.4 Å². The van der Waals surface area contributed by atoms with Crippen LogP contribution in [0.3, 0.4) is 0 Å². The second-order valence-electron chi connectivity index (χ2n) is 7.88. The quantitative estimate of drug-likeness (QED) is 0.306. The first kappa shape index (κ1) is 24.1. The van der Waals surface area contributed by atoms with Crippen molar-refractivity contribution >= 4 is 56.0 Å². The lowest BCUT2D eigenvalue weighted by molar-refractivity contribution is -0.123. The van der Waals surface area contributed by atoms with Crippen molar-refractivity contribution in [3.8, 4) is 11.3 Å². The average Bonchev–Trinajstić information content (AvgIpc) is 2.84. The van der Waals surface area contributed by atoms with Crippen molar-refractivity contribution in [1.82, 2.24) is 4.98 Å². The lowest BCUT2D eigenvalue weighted by Gasteiger charge is -2.15. The number of amides is 2. The molecule has 0 spiro atoms. The largest absolute Gasteiger partial charge is 0.449 e. The molecule has 7 nitrogen and oxygen atoms in total. The number of esters is 1. The van der Waals surface area contributed by atoms with Gasteiger partial charge in [0.05, 0.1) is 16.8 Å². The molecule has 3 aromatic carbocycles. The van der Waals surface area contributed by atoms with Gasteiger partial charge in [-0.1, -0.05) is 46.3 Å². The number of fused-ring (bicyclic) bond motifs is 1. The van der Waals surface area contributed by atoms with E-state index in [0.717, 1.165) is 10.0 Å². The van der Waals surface area contributed by atoms with Gasteiger partial charge >= 0.3 is 5.97 Å². The van der Waals surface area contributed by atoms with E-state index in [4.69, 9.17) is 9.72 Å². The first-order valence-corrected chi connectivity index (χ1v) is 11.6. The van der Waals surface area contributed by atoms with Gasteiger partial charge in [0.15, 0.2) is 6.10 Å². The van der Waals surface area contributed by atoms with E-state index in [-0.39, 0.29) is 5.91 Å². The molecule has 0 bridgehead atoms. The number of nitrogens with one attached hydrogen (secondary N) is 2. The standard InChI is InChI=1S/C27H22BrN3O4/c1-16(26(33)30-21-12-10-20(11-13-21)29-17(2)32)35-27(34)23-15-25(18-6-5-7-19(28)14-18)31-24-9-4-3-8-22(23)24/h3-16H,1-2H3,(H,29,32)(H,30,33)/t16-/m0/s1. The number of hydrogen-bond donors (Lipinski definition) is 2. The Kier molecular flexibility index (Phi) is 7.22. The van der Waals surface area contributed by atoms with Crippen LogP contribution in [0.4, 0.5) is 11.4 Å². The highest BCUT2D eigenvalue weighted by Crippen LogP contribution is 2.27. The zero-order chi connectivity index (χ0) is 24.9. The molecule has 2 N–H and O–H groups in total. The van der Waals surface area contributed by atoms with E-state index in [1.165, 1.54) is 13.8 Å². The number of pyridine rings is 1. The molecule has 8 heteroatoms. The van der Waals surface area contributed by atoms with E-state index < -0.39 is 18.0 Å². The maximum atomic E-state index is 13.1. The van der Waals surface area contributed by atoms with Crippen LogP contribution in [0.2, 0.25) is 0 Å². The number of benzene rings is 3. The summed E-state index contributed by atoms with van der Waals surface area (Å²) in [6.45, 7) is 2.93. The van der Waals surface area contributed by atoms with Crippen molar-refractivity contribution in [2.45, 2.75) is 20.0 Å². The van der Waals surface area contributed by atoms with Crippen LogP contribution in [0.25, 0.3) is 22.2 Å². The number of halogens is 1. The molecule has 0 unspecified atom stereocenters.